The minimum absolute atomic E-state index is 0.113. The minimum Gasteiger partial charge on any atom is -0.459 e. The molecule has 7 heteroatoms. The third kappa shape index (κ3) is 4.23. The molecule has 1 saturated heterocycles. The van der Waals surface area contributed by atoms with Gasteiger partial charge in [-0.1, -0.05) is 36.4 Å². The van der Waals surface area contributed by atoms with Crippen molar-refractivity contribution >= 4 is 34.6 Å². The van der Waals surface area contributed by atoms with E-state index in [1.165, 1.54) is 6.92 Å². The van der Waals surface area contributed by atoms with Crippen molar-refractivity contribution in [3.63, 3.8) is 0 Å². The van der Waals surface area contributed by atoms with Crippen LogP contribution in [0.3, 0.4) is 0 Å². The highest BCUT2D eigenvalue weighted by atomic mass is 32.1. The number of carbonyl (C=O) groups is 1. The van der Waals surface area contributed by atoms with Gasteiger partial charge in [0.2, 0.25) is 5.91 Å². The SMILES string of the molecule is CC(=O)Nc1ccc(N2C(=S)N[C@H](c3ccccn3)[C@H]2c2ccc(-c3ccccc3)o2)cc1. The zero-order valence-corrected chi connectivity index (χ0v) is 18.8. The number of benzene rings is 2. The number of nitrogens with zero attached hydrogens (tertiary/aromatic N) is 2. The van der Waals surface area contributed by atoms with Crippen molar-refractivity contribution in [2.24, 2.45) is 0 Å². The predicted octanol–water partition coefficient (Wildman–Crippen LogP) is 5.48. The van der Waals surface area contributed by atoms with Gasteiger partial charge >= 0.3 is 0 Å². The Morgan fingerprint density at radius 1 is 1.00 bits per heavy atom. The smallest absolute Gasteiger partial charge is 0.221 e. The maximum Gasteiger partial charge on any atom is 0.221 e. The summed E-state index contributed by atoms with van der Waals surface area (Å²) in [6.07, 6.45) is 1.78. The Labute approximate surface area is 197 Å². The number of aromatic nitrogens is 1. The highest BCUT2D eigenvalue weighted by Gasteiger charge is 2.42. The Hall–Kier alpha value is -3.97. The summed E-state index contributed by atoms with van der Waals surface area (Å²) in [7, 11) is 0. The standard InChI is InChI=1S/C26H22N4O2S/c1-17(31)28-19-10-12-20(13-11-19)30-25(24(29-26(30)33)21-9-5-6-16-27-21)23-15-14-22(32-23)18-7-3-2-4-8-18/h2-16,24-25H,1H3,(H,28,31)(H,29,33)/t24-,25-/m1/s1. The summed E-state index contributed by atoms with van der Waals surface area (Å²) in [6.45, 7) is 1.49. The molecule has 0 unspecified atom stereocenters. The zero-order valence-electron chi connectivity index (χ0n) is 17.9. The third-order valence-electron chi connectivity index (χ3n) is 5.54. The molecule has 4 aromatic rings. The number of nitrogens with one attached hydrogen (secondary N) is 2. The predicted molar refractivity (Wildman–Crippen MR) is 133 cm³/mol. The number of rotatable bonds is 5. The minimum atomic E-state index is -0.239. The maximum atomic E-state index is 11.4. The molecule has 2 atom stereocenters. The van der Waals surface area contributed by atoms with Crippen LogP contribution in [0.5, 0.6) is 0 Å². The lowest BCUT2D eigenvalue weighted by molar-refractivity contribution is -0.114. The van der Waals surface area contributed by atoms with E-state index in [9.17, 15) is 4.79 Å². The molecule has 0 bridgehead atoms. The van der Waals surface area contributed by atoms with Gasteiger partial charge in [0.15, 0.2) is 5.11 Å². The summed E-state index contributed by atoms with van der Waals surface area (Å²) >= 11 is 5.76. The highest BCUT2D eigenvalue weighted by molar-refractivity contribution is 7.80. The molecule has 1 fully saturated rings. The average molecular weight is 455 g/mol. The van der Waals surface area contributed by atoms with Crippen LogP contribution in [-0.2, 0) is 4.79 Å². The van der Waals surface area contributed by atoms with E-state index in [1.54, 1.807) is 6.20 Å². The third-order valence-corrected chi connectivity index (χ3v) is 5.86. The van der Waals surface area contributed by atoms with Crippen LogP contribution in [0.25, 0.3) is 11.3 Å². The van der Waals surface area contributed by atoms with Crippen LogP contribution < -0.4 is 15.5 Å². The van der Waals surface area contributed by atoms with Gasteiger partial charge in [-0.2, -0.15) is 0 Å². The van der Waals surface area contributed by atoms with E-state index >= 15 is 0 Å². The van der Waals surface area contributed by atoms with Gasteiger partial charge in [0.25, 0.3) is 0 Å². The fourth-order valence-corrected chi connectivity index (χ4v) is 4.45. The molecule has 2 aromatic carbocycles. The van der Waals surface area contributed by atoms with Gasteiger partial charge in [0, 0.05) is 30.1 Å². The Balaban J connectivity index is 1.55. The fraction of sp³-hybridized carbons (Fsp3) is 0.115. The molecule has 0 aliphatic carbocycles. The van der Waals surface area contributed by atoms with Crippen LogP contribution in [0.1, 0.15) is 30.5 Å². The number of pyridine rings is 1. The van der Waals surface area contributed by atoms with E-state index in [2.05, 4.69) is 15.6 Å². The summed E-state index contributed by atoms with van der Waals surface area (Å²) in [5, 5.41) is 6.81. The first-order chi connectivity index (χ1) is 16.1. The van der Waals surface area contributed by atoms with Crippen molar-refractivity contribution in [2.75, 3.05) is 10.2 Å². The molecule has 1 amide bonds. The molecule has 0 spiro atoms. The molecule has 5 rings (SSSR count). The number of anilines is 2. The van der Waals surface area contributed by atoms with Crippen LogP contribution >= 0.6 is 12.2 Å². The molecular formula is C26H22N4O2S. The highest BCUT2D eigenvalue weighted by Crippen LogP contribution is 2.43. The van der Waals surface area contributed by atoms with Crippen molar-refractivity contribution in [2.45, 2.75) is 19.0 Å². The molecule has 1 aliphatic rings. The largest absolute Gasteiger partial charge is 0.459 e. The summed E-state index contributed by atoms with van der Waals surface area (Å²) in [6, 6.07) is 27.0. The van der Waals surface area contributed by atoms with Gasteiger partial charge in [-0.3, -0.25) is 9.78 Å². The van der Waals surface area contributed by atoms with Crippen molar-refractivity contribution in [3.05, 3.63) is 103 Å². The number of carbonyl (C=O) groups excluding carboxylic acids is 1. The van der Waals surface area contributed by atoms with E-state index in [0.717, 1.165) is 34.2 Å². The topological polar surface area (TPSA) is 70.4 Å². The van der Waals surface area contributed by atoms with Crippen LogP contribution in [0.4, 0.5) is 11.4 Å². The lowest BCUT2D eigenvalue weighted by atomic mass is 10.0. The van der Waals surface area contributed by atoms with Crippen molar-refractivity contribution < 1.29 is 9.21 Å². The van der Waals surface area contributed by atoms with E-state index in [4.69, 9.17) is 16.6 Å². The zero-order chi connectivity index (χ0) is 22.8. The number of furan rings is 1. The van der Waals surface area contributed by atoms with Gasteiger partial charge in [-0.25, -0.2) is 0 Å². The second-order valence-corrected chi connectivity index (χ2v) is 8.18. The Morgan fingerprint density at radius 2 is 1.76 bits per heavy atom. The molecule has 2 N–H and O–H groups in total. The van der Waals surface area contributed by atoms with Crippen molar-refractivity contribution in [1.82, 2.24) is 10.3 Å². The summed E-state index contributed by atoms with van der Waals surface area (Å²) in [5.41, 5.74) is 3.51. The fourth-order valence-electron chi connectivity index (χ4n) is 4.10. The lowest BCUT2D eigenvalue weighted by Crippen LogP contribution is -2.29. The number of hydrogen-bond donors (Lipinski definition) is 2. The van der Waals surface area contributed by atoms with Crippen LogP contribution in [0, 0.1) is 0 Å². The van der Waals surface area contributed by atoms with Crippen molar-refractivity contribution in [3.8, 4) is 11.3 Å². The Bertz CT molecular complexity index is 1270. The van der Waals surface area contributed by atoms with Gasteiger partial charge in [-0.15, -0.1) is 0 Å². The molecule has 164 valence electrons. The molecule has 33 heavy (non-hydrogen) atoms. The first-order valence-corrected chi connectivity index (χ1v) is 11.0. The van der Waals surface area contributed by atoms with Gasteiger partial charge in [0.05, 0.1) is 11.7 Å². The lowest BCUT2D eigenvalue weighted by Gasteiger charge is -2.26. The normalized spacial score (nSPS) is 17.6. The average Bonchev–Trinajstić information content (AvgIpc) is 3.45. The monoisotopic (exact) mass is 454 g/mol. The van der Waals surface area contributed by atoms with E-state index in [0.29, 0.717) is 5.11 Å². The molecule has 0 saturated carbocycles. The second kappa shape index (κ2) is 8.88. The van der Waals surface area contributed by atoms with Crippen molar-refractivity contribution in [1.29, 1.82) is 0 Å². The molecular weight excluding hydrogens is 432 g/mol. The summed E-state index contributed by atoms with van der Waals surface area (Å²) in [5.74, 6) is 1.46. The first-order valence-electron chi connectivity index (χ1n) is 10.6. The molecule has 0 radical (unpaired) electrons. The van der Waals surface area contributed by atoms with E-state index < -0.39 is 0 Å². The number of thiocarbonyl (C=S) groups is 1. The van der Waals surface area contributed by atoms with Crippen LogP contribution in [0.2, 0.25) is 0 Å². The number of hydrogen-bond acceptors (Lipinski definition) is 4. The molecule has 6 nitrogen and oxygen atoms in total. The van der Waals surface area contributed by atoms with Gasteiger partial charge in [0.1, 0.15) is 17.6 Å². The Kier molecular flexibility index (Phi) is 5.62. The summed E-state index contributed by atoms with van der Waals surface area (Å²) < 4.78 is 6.36. The number of amides is 1. The molecule has 1 aliphatic heterocycles. The summed E-state index contributed by atoms with van der Waals surface area (Å²) in [4.78, 5) is 18.0. The van der Waals surface area contributed by atoms with Crippen LogP contribution in [-0.4, -0.2) is 16.0 Å². The second-order valence-electron chi connectivity index (χ2n) is 7.79. The first kappa shape index (κ1) is 20.9. The molecule has 3 heterocycles. The molecule has 2 aromatic heterocycles. The van der Waals surface area contributed by atoms with Gasteiger partial charge < -0.3 is 20.0 Å². The quantitative estimate of drug-likeness (QED) is 0.389. The van der Waals surface area contributed by atoms with E-state index in [1.807, 2.05) is 89.8 Å². The van der Waals surface area contributed by atoms with Crippen LogP contribution in [0.15, 0.2) is 95.5 Å². The van der Waals surface area contributed by atoms with E-state index in [-0.39, 0.29) is 18.0 Å². The van der Waals surface area contributed by atoms with Gasteiger partial charge in [-0.05, 0) is 60.7 Å². The maximum absolute atomic E-state index is 11.4. The Morgan fingerprint density at radius 3 is 2.45 bits per heavy atom.